The molecule has 1 N–H and O–H groups in total. The van der Waals surface area contributed by atoms with Crippen LogP contribution in [0.1, 0.15) is 19.4 Å². The van der Waals surface area contributed by atoms with Crippen molar-refractivity contribution in [2.45, 2.75) is 13.8 Å². The van der Waals surface area contributed by atoms with Gasteiger partial charge in [0.2, 0.25) is 0 Å². The first-order valence-corrected chi connectivity index (χ1v) is 6.81. The van der Waals surface area contributed by atoms with Crippen LogP contribution in [0.5, 0.6) is 0 Å². The summed E-state index contributed by atoms with van der Waals surface area (Å²) in [5.41, 5.74) is 0.871. The molecule has 0 spiro atoms. The van der Waals surface area contributed by atoms with Crippen LogP contribution in [0.4, 0.5) is 9.52 Å². The fourth-order valence-corrected chi connectivity index (χ4v) is 2.36. The van der Waals surface area contributed by atoms with Crippen molar-refractivity contribution in [2.24, 2.45) is 5.92 Å². The minimum Gasteiger partial charge on any atom is -0.361 e. The van der Waals surface area contributed by atoms with E-state index in [1.807, 2.05) is 6.07 Å². The Hall–Kier alpha value is -1.93. The first-order chi connectivity index (χ1) is 9.10. The summed E-state index contributed by atoms with van der Waals surface area (Å²) in [5, 5.41) is 12.9. The normalized spacial score (nSPS) is 10.5. The highest BCUT2D eigenvalue weighted by Gasteiger charge is 2.08. The number of hydrogen-bond donors (Lipinski definition) is 1. The molecule has 98 valence electrons. The molecule has 0 aliphatic heterocycles. The number of aromatic nitrogens is 1. The van der Waals surface area contributed by atoms with Crippen molar-refractivity contribution in [1.82, 2.24) is 4.98 Å². The van der Waals surface area contributed by atoms with Gasteiger partial charge >= 0.3 is 0 Å². The lowest BCUT2D eigenvalue weighted by molar-refractivity contribution is 0.624. The molecule has 19 heavy (non-hydrogen) atoms. The number of nitriles is 1. The number of anilines is 1. The molecule has 0 bridgehead atoms. The predicted molar refractivity (Wildman–Crippen MR) is 75.6 cm³/mol. The monoisotopic (exact) mass is 275 g/mol. The topological polar surface area (TPSA) is 48.7 Å². The Balaban J connectivity index is 2.21. The molecule has 5 heteroatoms. The maximum Gasteiger partial charge on any atom is 0.183 e. The van der Waals surface area contributed by atoms with Gasteiger partial charge in [-0.2, -0.15) is 5.26 Å². The smallest absolute Gasteiger partial charge is 0.183 e. The molecule has 2 aromatic rings. The molecule has 0 saturated heterocycles. The number of nitrogens with one attached hydrogen (secondary N) is 1. The van der Waals surface area contributed by atoms with Gasteiger partial charge in [-0.05, 0) is 23.6 Å². The van der Waals surface area contributed by atoms with Crippen molar-refractivity contribution in [1.29, 1.82) is 5.26 Å². The Morgan fingerprint density at radius 2 is 2.26 bits per heavy atom. The van der Waals surface area contributed by atoms with Crippen LogP contribution in [0, 0.1) is 23.1 Å². The van der Waals surface area contributed by atoms with Crippen LogP contribution < -0.4 is 5.32 Å². The van der Waals surface area contributed by atoms with Crippen LogP contribution in [0.25, 0.3) is 10.4 Å². The van der Waals surface area contributed by atoms with E-state index in [4.69, 9.17) is 5.26 Å². The molecule has 0 saturated carbocycles. The lowest BCUT2D eigenvalue weighted by atomic mass is 10.1. The number of thiazole rings is 1. The third-order valence-electron chi connectivity index (χ3n) is 2.54. The van der Waals surface area contributed by atoms with E-state index in [0.717, 1.165) is 22.1 Å². The van der Waals surface area contributed by atoms with Crippen molar-refractivity contribution in [3.63, 3.8) is 0 Å². The lowest BCUT2D eigenvalue weighted by Crippen LogP contribution is -2.07. The van der Waals surface area contributed by atoms with E-state index in [9.17, 15) is 4.39 Å². The van der Waals surface area contributed by atoms with Crippen molar-refractivity contribution in [2.75, 3.05) is 11.9 Å². The van der Waals surface area contributed by atoms with Crippen LogP contribution in [-0.2, 0) is 0 Å². The molecule has 1 aromatic heterocycles. The molecule has 0 unspecified atom stereocenters. The van der Waals surface area contributed by atoms with Gasteiger partial charge in [-0.3, -0.25) is 0 Å². The standard InChI is InChI=1S/C14H14FN3S/c1-9(2)7-17-14-18-8-13(19-14)10-3-4-12(15)11(5-10)6-16/h3-5,8-9H,7H2,1-2H3,(H,17,18). The Morgan fingerprint density at radius 3 is 2.95 bits per heavy atom. The van der Waals surface area contributed by atoms with Gasteiger partial charge in [-0.15, -0.1) is 0 Å². The summed E-state index contributed by atoms with van der Waals surface area (Å²) < 4.78 is 13.3. The summed E-state index contributed by atoms with van der Waals surface area (Å²) in [6.45, 7) is 5.11. The zero-order valence-electron chi connectivity index (χ0n) is 10.8. The molecule has 3 nitrogen and oxygen atoms in total. The third kappa shape index (κ3) is 3.30. The molecular formula is C14H14FN3S. The van der Waals surface area contributed by atoms with Gasteiger partial charge in [-0.1, -0.05) is 31.3 Å². The van der Waals surface area contributed by atoms with Gasteiger partial charge in [0.25, 0.3) is 0 Å². The summed E-state index contributed by atoms with van der Waals surface area (Å²) in [6.07, 6.45) is 1.74. The van der Waals surface area contributed by atoms with E-state index in [2.05, 4.69) is 24.1 Å². The van der Waals surface area contributed by atoms with E-state index in [1.165, 1.54) is 17.4 Å². The highest BCUT2D eigenvalue weighted by Crippen LogP contribution is 2.30. The van der Waals surface area contributed by atoms with Crippen LogP contribution in [0.2, 0.25) is 0 Å². The minimum atomic E-state index is -0.492. The first kappa shape index (κ1) is 13.5. The molecule has 1 heterocycles. The predicted octanol–water partition coefficient (Wildman–Crippen LogP) is 3.89. The highest BCUT2D eigenvalue weighted by atomic mass is 32.1. The number of benzene rings is 1. The van der Waals surface area contributed by atoms with E-state index >= 15 is 0 Å². The van der Waals surface area contributed by atoms with Gasteiger partial charge in [0.1, 0.15) is 11.9 Å². The number of halogens is 1. The average Bonchev–Trinajstić information content (AvgIpc) is 2.86. The van der Waals surface area contributed by atoms with Crippen molar-refractivity contribution in [3.05, 3.63) is 35.8 Å². The zero-order chi connectivity index (χ0) is 13.8. The molecule has 0 amide bonds. The van der Waals surface area contributed by atoms with Crippen LogP contribution in [0.3, 0.4) is 0 Å². The second kappa shape index (κ2) is 5.81. The van der Waals surface area contributed by atoms with Gasteiger partial charge in [0.05, 0.1) is 10.4 Å². The zero-order valence-corrected chi connectivity index (χ0v) is 11.6. The van der Waals surface area contributed by atoms with Crippen LogP contribution >= 0.6 is 11.3 Å². The Kier molecular flexibility index (Phi) is 4.13. The Morgan fingerprint density at radius 1 is 1.47 bits per heavy atom. The highest BCUT2D eigenvalue weighted by molar-refractivity contribution is 7.18. The maximum absolute atomic E-state index is 13.3. The van der Waals surface area contributed by atoms with Gasteiger partial charge in [-0.25, -0.2) is 9.37 Å². The summed E-state index contributed by atoms with van der Waals surface area (Å²) in [6, 6.07) is 6.37. The summed E-state index contributed by atoms with van der Waals surface area (Å²) in [4.78, 5) is 5.19. The van der Waals surface area contributed by atoms with E-state index in [0.29, 0.717) is 5.92 Å². The van der Waals surface area contributed by atoms with E-state index < -0.39 is 5.82 Å². The molecule has 0 fully saturated rings. The van der Waals surface area contributed by atoms with E-state index in [1.54, 1.807) is 18.3 Å². The minimum absolute atomic E-state index is 0.0580. The second-order valence-electron chi connectivity index (χ2n) is 4.61. The first-order valence-electron chi connectivity index (χ1n) is 6.00. The summed E-state index contributed by atoms with van der Waals surface area (Å²) in [5.74, 6) is 0.0530. The van der Waals surface area contributed by atoms with Crippen molar-refractivity contribution < 1.29 is 4.39 Å². The van der Waals surface area contributed by atoms with E-state index in [-0.39, 0.29) is 5.56 Å². The maximum atomic E-state index is 13.3. The average molecular weight is 275 g/mol. The summed E-state index contributed by atoms with van der Waals surface area (Å²) >= 11 is 1.50. The SMILES string of the molecule is CC(C)CNc1ncc(-c2ccc(F)c(C#N)c2)s1. The molecule has 1 aromatic carbocycles. The van der Waals surface area contributed by atoms with Crippen molar-refractivity contribution >= 4 is 16.5 Å². The molecule has 0 aliphatic rings. The fourth-order valence-electron chi connectivity index (χ4n) is 1.54. The molecule has 0 radical (unpaired) electrons. The lowest BCUT2D eigenvalue weighted by Gasteiger charge is -2.04. The molecule has 0 atom stereocenters. The molecule has 2 rings (SSSR count). The fraction of sp³-hybridized carbons (Fsp3) is 0.286. The molecule has 0 aliphatic carbocycles. The number of rotatable bonds is 4. The van der Waals surface area contributed by atoms with Crippen molar-refractivity contribution in [3.8, 4) is 16.5 Å². The quantitative estimate of drug-likeness (QED) is 0.921. The third-order valence-corrected chi connectivity index (χ3v) is 3.54. The number of hydrogen-bond acceptors (Lipinski definition) is 4. The van der Waals surface area contributed by atoms with Crippen LogP contribution in [-0.4, -0.2) is 11.5 Å². The van der Waals surface area contributed by atoms with Gasteiger partial charge < -0.3 is 5.32 Å². The largest absolute Gasteiger partial charge is 0.361 e. The number of nitrogens with zero attached hydrogens (tertiary/aromatic N) is 2. The summed E-state index contributed by atoms with van der Waals surface area (Å²) in [7, 11) is 0. The Labute approximate surface area is 115 Å². The van der Waals surface area contributed by atoms with Gasteiger partial charge in [0, 0.05) is 12.7 Å². The van der Waals surface area contributed by atoms with Crippen LogP contribution in [0.15, 0.2) is 24.4 Å². The molecular weight excluding hydrogens is 261 g/mol. The van der Waals surface area contributed by atoms with Gasteiger partial charge in [0.15, 0.2) is 5.13 Å². The second-order valence-corrected chi connectivity index (χ2v) is 5.64. The Bertz CT molecular complexity index is 613.